The van der Waals surface area contributed by atoms with Crippen molar-refractivity contribution in [2.45, 2.75) is 126 Å². The van der Waals surface area contributed by atoms with Crippen LogP contribution in [-0.4, -0.2) is 3.21 Å². The first-order valence-electron chi connectivity index (χ1n) is 20.9. The molecule has 0 aliphatic heterocycles. The molecule has 316 valence electrons. The van der Waals surface area contributed by atoms with Gasteiger partial charge >= 0.3 is 120 Å². The molecule has 0 amide bonds. The number of hydrogen-bond donors (Lipinski definition) is 0. The summed E-state index contributed by atoms with van der Waals surface area (Å²) >= 11 is 13.3. The normalized spacial score (nSPS) is 15.3. The van der Waals surface area contributed by atoms with Crippen LogP contribution >= 0.6 is 23.2 Å². The monoisotopic (exact) mass is 952 g/mol. The standard InChI is InChI=1S/C31H37.C13H8Cl2.C11H17.2ClH.Zr/c1-28(2,3)26-16-30(7,8)24-12-18-11-19-13-25-23(15-21(19)20(18)14-22(24)26)27(29(4,5)6)17-31(25,9)10;14-12-5-1-3-10(8-12)7-11-4-2-6-13(15)9-11;1-5-9-6-7-10(8-9)11(2,3)4;;;/h12-16H,11H2,1-10H3;1-6,8-9H;6-8H,5H2,1-4H3;2*1H;/q-1;;-1;;;+2/p-2. The van der Waals surface area contributed by atoms with Crippen molar-refractivity contribution in [2.24, 2.45) is 10.8 Å². The molecule has 3 aliphatic rings. The average molecular weight is 956 g/mol. The molecule has 8 rings (SSSR count). The van der Waals surface area contributed by atoms with Gasteiger partial charge in [-0.3, -0.25) is 6.08 Å². The van der Waals surface area contributed by atoms with Gasteiger partial charge in [0.25, 0.3) is 0 Å². The van der Waals surface area contributed by atoms with Gasteiger partial charge in [0.05, 0.1) is 0 Å². The fourth-order valence-corrected chi connectivity index (χ4v) is 9.72. The summed E-state index contributed by atoms with van der Waals surface area (Å²) in [6, 6.07) is 32.6. The maximum Gasteiger partial charge on any atom is -1.00 e. The van der Waals surface area contributed by atoms with Gasteiger partial charge in [0, 0.05) is 5.41 Å². The first-order chi connectivity index (χ1) is 26.8. The SMILES string of the molecule is CC(C)(C)C1=[C-]C(C)(C)c2cc3c(cc21)-c1cc2c(cc1C3)C(C)(C)C=C2C(C)(C)C.CCc1cc(C(C)(C)C)c[cH-]1.Clc1cccc([C](=[Zr+2])c2cccc(Cl)c2)c1.[Cl-].[Cl-]. The van der Waals surface area contributed by atoms with Gasteiger partial charge in [0.1, 0.15) is 0 Å². The van der Waals surface area contributed by atoms with Crippen molar-refractivity contribution >= 4 is 37.6 Å². The van der Waals surface area contributed by atoms with E-state index in [4.69, 9.17) is 23.2 Å². The summed E-state index contributed by atoms with van der Waals surface area (Å²) in [5, 5.41) is 1.53. The molecule has 0 bridgehead atoms. The number of rotatable bonds is 3. The zero-order valence-corrected chi connectivity index (χ0v) is 43.6. The van der Waals surface area contributed by atoms with Gasteiger partial charge in [-0.1, -0.05) is 132 Å². The fourth-order valence-electron chi connectivity index (χ4n) is 8.58. The van der Waals surface area contributed by atoms with Crippen molar-refractivity contribution < 1.29 is 49.0 Å². The third-order valence-corrected chi connectivity index (χ3v) is 13.8. The van der Waals surface area contributed by atoms with Crippen LogP contribution in [0, 0.1) is 16.9 Å². The second-order valence-corrected chi connectivity index (χ2v) is 22.8. The van der Waals surface area contributed by atoms with E-state index in [-0.39, 0.29) is 46.5 Å². The van der Waals surface area contributed by atoms with Crippen LogP contribution in [0.1, 0.15) is 153 Å². The molecule has 5 heteroatoms. The molecule has 0 unspecified atom stereocenters. The fraction of sp³-hybridized carbons (Fsp3) is 0.382. The van der Waals surface area contributed by atoms with Crippen molar-refractivity contribution in [3.63, 3.8) is 0 Å². The Bertz CT molecular complexity index is 2300. The first kappa shape index (κ1) is 50.3. The molecule has 0 saturated carbocycles. The molecular formula is C55H62Cl4Zr-2. The molecule has 0 saturated heterocycles. The minimum Gasteiger partial charge on any atom is -1.00 e. The van der Waals surface area contributed by atoms with E-state index in [2.05, 4.69) is 164 Å². The predicted molar refractivity (Wildman–Crippen MR) is 251 cm³/mol. The molecule has 0 aromatic heterocycles. The van der Waals surface area contributed by atoms with Crippen molar-refractivity contribution in [1.82, 2.24) is 0 Å². The van der Waals surface area contributed by atoms with Crippen LogP contribution in [0.25, 0.3) is 22.3 Å². The van der Waals surface area contributed by atoms with Crippen LogP contribution in [0.5, 0.6) is 0 Å². The smallest absolute Gasteiger partial charge is 1.00 e. The van der Waals surface area contributed by atoms with Gasteiger partial charge in [-0.25, -0.2) is 11.6 Å². The molecule has 0 N–H and O–H groups in total. The van der Waals surface area contributed by atoms with Crippen LogP contribution in [0.3, 0.4) is 0 Å². The third kappa shape index (κ3) is 10.7. The summed E-state index contributed by atoms with van der Waals surface area (Å²) in [6.45, 7) is 32.3. The van der Waals surface area contributed by atoms with Crippen LogP contribution in [-0.2, 0) is 53.3 Å². The second-order valence-electron chi connectivity index (χ2n) is 20.7. The van der Waals surface area contributed by atoms with Crippen LogP contribution in [0.4, 0.5) is 0 Å². The zero-order valence-electron chi connectivity index (χ0n) is 38.2. The Hall–Kier alpha value is -2.38. The second kappa shape index (κ2) is 18.4. The Kier molecular flexibility index (Phi) is 15.4. The van der Waals surface area contributed by atoms with E-state index in [0.29, 0.717) is 5.41 Å². The van der Waals surface area contributed by atoms with E-state index in [0.717, 1.165) is 34.0 Å². The van der Waals surface area contributed by atoms with E-state index < -0.39 is 0 Å². The van der Waals surface area contributed by atoms with Gasteiger partial charge in [-0.15, -0.1) is 11.6 Å². The Balaban J connectivity index is 0.000000229. The van der Waals surface area contributed by atoms with Crippen molar-refractivity contribution in [3.05, 3.63) is 169 Å². The van der Waals surface area contributed by atoms with Crippen molar-refractivity contribution in [1.29, 1.82) is 0 Å². The maximum absolute atomic E-state index is 5.98. The van der Waals surface area contributed by atoms with E-state index in [1.807, 2.05) is 36.4 Å². The van der Waals surface area contributed by atoms with Crippen molar-refractivity contribution in [2.75, 3.05) is 0 Å². The Labute approximate surface area is 400 Å². The maximum atomic E-state index is 5.98. The predicted octanol–water partition coefficient (Wildman–Crippen LogP) is 9.88. The van der Waals surface area contributed by atoms with Crippen LogP contribution in [0.2, 0.25) is 10.0 Å². The van der Waals surface area contributed by atoms with Crippen LogP contribution < -0.4 is 24.8 Å². The molecule has 3 aliphatic carbocycles. The number of allylic oxidation sites excluding steroid dienone is 4. The molecule has 0 radical (unpaired) electrons. The van der Waals surface area contributed by atoms with E-state index in [1.54, 1.807) is 0 Å². The molecule has 60 heavy (non-hydrogen) atoms. The Morgan fingerprint density at radius 3 is 1.62 bits per heavy atom. The minimum atomic E-state index is -0.0202. The first-order valence-corrected chi connectivity index (χ1v) is 22.9. The minimum absolute atomic E-state index is 0. The van der Waals surface area contributed by atoms with Gasteiger partial charge < -0.3 is 24.8 Å². The molecule has 0 spiro atoms. The summed E-state index contributed by atoms with van der Waals surface area (Å²) < 4.78 is 1.26. The molecule has 0 nitrogen and oxygen atoms in total. The average Bonchev–Trinajstić information content (AvgIpc) is 3.88. The van der Waals surface area contributed by atoms with Crippen LogP contribution in [0.15, 0.2) is 97.1 Å². The Morgan fingerprint density at radius 1 is 0.667 bits per heavy atom. The third-order valence-electron chi connectivity index (χ3n) is 11.9. The number of halogens is 4. The summed E-state index contributed by atoms with van der Waals surface area (Å²) in [4.78, 5) is 0. The molecule has 0 atom stereocenters. The zero-order chi connectivity index (χ0) is 42.7. The quantitative estimate of drug-likeness (QED) is 0.155. The summed E-state index contributed by atoms with van der Waals surface area (Å²) in [7, 11) is 0. The van der Waals surface area contributed by atoms with Gasteiger partial charge in [0.15, 0.2) is 0 Å². The van der Waals surface area contributed by atoms with Crippen molar-refractivity contribution in [3.8, 4) is 11.1 Å². The number of fused-ring (bicyclic) bond motifs is 5. The van der Waals surface area contributed by atoms with E-state index >= 15 is 0 Å². The largest absolute Gasteiger partial charge is 1.00 e. The number of hydrogen-bond acceptors (Lipinski definition) is 0. The summed E-state index contributed by atoms with van der Waals surface area (Å²) in [6.07, 6.45) is 8.56. The van der Waals surface area contributed by atoms with E-state index in [9.17, 15) is 0 Å². The topological polar surface area (TPSA) is 0 Å². The number of aryl methyl sites for hydroxylation is 1. The summed E-state index contributed by atoms with van der Waals surface area (Å²) in [5.41, 5.74) is 20.4. The summed E-state index contributed by atoms with van der Waals surface area (Å²) in [5.74, 6) is 0. The molecule has 5 aromatic rings. The Morgan fingerprint density at radius 2 is 1.18 bits per heavy atom. The molecule has 0 heterocycles. The molecule has 5 aromatic carbocycles. The van der Waals surface area contributed by atoms with Gasteiger partial charge in [0.2, 0.25) is 0 Å². The molecular weight excluding hydrogens is 894 g/mol. The van der Waals surface area contributed by atoms with E-state index in [1.165, 1.54) is 94.2 Å². The molecule has 0 fully saturated rings. The van der Waals surface area contributed by atoms with Gasteiger partial charge in [-0.05, 0) is 62.3 Å². The number of benzene rings is 4. The van der Waals surface area contributed by atoms with Gasteiger partial charge in [-0.2, -0.15) is 28.8 Å².